The molecule has 1 unspecified atom stereocenters. The molecule has 44 heavy (non-hydrogen) atoms. The number of hydrogen-bond donors (Lipinski definition) is 0. The lowest BCUT2D eigenvalue weighted by atomic mass is 9.92. The zero-order valence-electron chi connectivity index (χ0n) is 24.0. The van der Waals surface area contributed by atoms with Gasteiger partial charge < -0.3 is 8.98 Å². The van der Waals surface area contributed by atoms with Gasteiger partial charge >= 0.3 is 0 Å². The van der Waals surface area contributed by atoms with Crippen molar-refractivity contribution in [3.63, 3.8) is 0 Å². The van der Waals surface area contributed by atoms with E-state index in [0.717, 1.165) is 28.4 Å². The zero-order valence-corrected chi connectivity index (χ0v) is 24.0. The van der Waals surface area contributed by atoms with E-state index in [0.29, 0.717) is 0 Å². The minimum atomic E-state index is 0.246. The monoisotopic (exact) mass is 561 g/mol. The van der Waals surface area contributed by atoms with Crippen LogP contribution in [0.5, 0.6) is 0 Å². The predicted molar refractivity (Wildman–Crippen MR) is 187 cm³/mol. The van der Waals surface area contributed by atoms with Gasteiger partial charge in [-0.05, 0) is 69.4 Å². The van der Waals surface area contributed by atoms with Gasteiger partial charge in [0.1, 0.15) is 11.2 Å². The van der Waals surface area contributed by atoms with Gasteiger partial charge in [-0.15, -0.1) is 0 Å². The van der Waals surface area contributed by atoms with Crippen molar-refractivity contribution in [1.29, 1.82) is 0 Å². The second-order valence-electron chi connectivity index (χ2n) is 12.0. The highest BCUT2D eigenvalue weighted by molar-refractivity contribution is 6.36. The Kier molecular flexibility index (Phi) is 4.86. The maximum Gasteiger partial charge on any atom is 0.135 e. The highest BCUT2D eigenvalue weighted by atomic mass is 16.3. The maximum absolute atomic E-state index is 6.16. The first-order chi connectivity index (χ1) is 21.8. The fraction of sp³-hybridized carbons (Fsp3) is 0.0476. The normalized spacial score (nSPS) is 15.2. The number of aromatic nitrogens is 1. The molecular formula is C42H27NO. The lowest BCUT2D eigenvalue weighted by molar-refractivity contribution is 0.649. The van der Waals surface area contributed by atoms with Crippen molar-refractivity contribution >= 4 is 76.1 Å². The number of para-hydroxylation sites is 1. The molecule has 0 aliphatic heterocycles. The van der Waals surface area contributed by atoms with Crippen molar-refractivity contribution < 1.29 is 4.42 Å². The molecule has 2 heterocycles. The van der Waals surface area contributed by atoms with Crippen LogP contribution in [0.25, 0.3) is 87.2 Å². The van der Waals surface area contributed by atoms with E-state index < -0.39 is 0 Å². The molecule has 9 aromatic rings. The van der Waals surface area contributed by atoms with Crippen LogP contribution in [0.3, 0.4) is 0 Å². The van der Waals surface area contributed by atoms with Crippen LogP contribution in [-0.4, -0.2) is 4.57 Å². The van der Waals surface area contributed by atoms with Crippen LogP contribution in [0.2, 0.25) is 0 Å². The molecule has 2 heteroatoms. The van der Waals surface area contributed by atoms with Gasteiger partial charge in [-0.1, -0.05) is 115 Å². The van der Waals surface area contributed by atoms with Crippen molar-refractivity contribution in [2.75, 3.05) is 0 Å². The third kappa shape index (κ3) is 3.25. The van der Waals surface area contributed by atoms with Gasteiger partial charge in [-0.3, -0.25) is 0 Å². The quantitative estimate of drug-likeness (QED) is 0.192. The number of allylic oxidation sites excluding steroid dienone is 4. The summed E-state index contributed by atoms with van der Waals surface area (Å²) in [7, 11) is 0. The van der Waals surface area contributed by atoms with E-state index in [2.05, 4.69) is 138 Å². The van der Waals surface area contributed by atoms with Gasteiger partial charge in [0.15, 0.2) is 0 Å². The summed E-state index contributed by atoms with van der Waals surface area (Å²) in [5, 5.41) is 12.8. The Labute approximate surface area is 253 Å². The Balaban J connectivity index is 1.38. The predicted octanol–water partition coefficient (Wildman–Crippen LogP) is 11.9. The average Bonchev–Trinajstić information content (AvgIpc) is 3.64. The molecule has 0 bridgehead atoms. The lowest BCUT2D eigenvalue weighted by Gasteiger charge is -2.20. The average molecular weight is 562 g/mol. The molecule has 206 valence electrons. The first kappa shape index (κ1) is 23.9. The van der Waals surface area contributed by atoms with Crippen LogP contribution in [0, 0.1) is 0 Å². The van der Waals surface area contributed by atoms with E-state index in [9.17, 15) is 0 Å². The minimum absolute atomic E-state index is 0.246. The van der Waals surface area contributed by atoms with E-state index in [4.69, 9.17) is 4.42 Å². The summed E-state index contributed by atoms with van der Waals surface area (Å²) in [6, 6.07) is 44.6. The van der Waals surface area contributed by atoms with Gasteiger partial charge in [0.25, 0.3) is 0 Å². The van der Waals surface area contributed by atoms with E-state index in [1.165, 1.54) is 65.3 Å². The Morgan fingerprint density at radius 3 is 2.11 bits per heavy atom. The first-order valence-corrected chi connectivity index (χ1v) is 15.4. The standard InChI is InChI=1S/C42H27NO/c1-2-11-29(12-3-1)43-37-22-19-27(28-20-23-39-35(24-28)32-15-8-9-17-38(32)44-39)25-36(37)41-40-30-13-5-4-10-26(30)18-21-33(40)31-14-6-7-16-34(31)42(41)43/h1-11,13-25,29H,12H2. The molecule has 7 aromatic carbocycles. The fourth-order valence-electron chi connectivity index (χ4n) is 7.71. The minimum Gasteiger partial charge on any atom is -0.456 e. The van der Waals surface area contributed by atoms with Crippen LogP contribution >= 0.6 is 0 Å². The van der Waals surface area contributed by atoms with Crippen LogP contribution in [-0.2, 0) is 0 Å². The molecule has 0 N–H and O–H groups in total. The van der Waals surface area contributed by atoms with Gasteiger partial charge in [-0.2, -0.15) is 0 Å². The molecule has 0 saturated carbocycles. The van der Waals surface area contributed by atoms with Crippen molar-refractivity contribution in [2.45, 2.75) is 12.5 Å². The van der Waals surface area contributed by atoms with Crippen LogP contribution < -0.4 is 0 Å². The van der Waals surface area contributed by atoms with Crippen LogP contribution in [0.1, 0.15) is 12.5 Å². The fourth-order valence-corrected chi connectivity index (χ4v) is 7.71. The summed E-state index contributed by atoms with van der Waals surface area (Å²) in [5.41, 5.74) is 6.85. The molecule has 0 spiro atoms. The van der Waals surface area contributed by atoms with E-state index >= 15 is 0 Å². The Hall–Kier alpha value is -5.60. The molecule has 2 nitrogen and oxygen atoms in total. The topological polar surface area (TPSA) is 18.1 Å². The van der Waals surface area contributed by atoms with Gasteiger partial charge in [0.2, 0.25) is 0 Å². The van der Waals surface area contributed by atoms with Gasteiger partial charge in [0, 0.05) is 37.8 Å². The van der Waals surface area contributed by atoms with E-state index in [1.807, 2.05) is 12.1 Å². The molecule has 1 aliphatic carbocycles. The number of benzene rings is 7. The van der Waals surface area contributed by atoms with Crippen LogP contribution in [0.4, 0.5) is 0 Å². The third-order valence-corrected chi connectivity index (χ3v) is 9.65. The van der Waals surface area contributed by atoms with Crippen molar-refractivity contribution in [3.05, 3.63) is 146 Å². The second-order valence-corrected chi connectivity index (χ2v) is 12.0. The number of nitrogens with zero attached hydrogens (tertiary/aromatic N) is 1. The first-order valence-electron chi connectivity index (χ1n) is 15.4. The van der Waals surface area contributed by atoms with Crippen LogP contribution in [0.15, 0.2) is 150 Å². The lowest BCUT2D eigenvalue weighted by Crippen LogP contribution is -2.07. The number of hydrogen-bond acceptors (Lipinski definition) is 1. The summed E-state index contributed by atoms with van der Waals surface area (Å²) in [5.74, 6) is 0. The smallest absolute Gasteiger partial charge is 0.135 e. The molecule has 0 radical (unpaired) electrons. The third-order valence-electron chi connectivity index (χ3n) is 9.65. The van der Waals surface area contributed by atoms with Gasteiger partial charge in [-0.25, -0.2) is 0 Å². The maximum atomic E-state index is 6.16. The summed E-state index contributed by atoms with van der Waals surface area (Å²) in [4.78, 5) is 0. The number of furan rings is 1. The molecule has 10 rings (SSSR count). The molecule has 1 atom stereocenters. The summed E-state index contributed by atoms with van der Waals surface area (Å²) in [6.45, 7) is 0. The van der Waals surface area contributed by atoms with Gasteiger partial charge in [0.05, 0.1) is 11.6 Å². The summed E-state index contributed by atoms with van der Waals surface area (Å²) in [6.07, 6.45) is 9.98. The molecule has 0 amide bonds. The largest absolute Gasteiger partial charge is 0.456 e. The summed E-state index contributed by atoms with van der Waals surface area (Å²) >= 11 is 0. The van der Waals surface area contributed by atoms with E-state index in [-0.39, 0.29) is 6.04 Å². The molecular weight excluding hydrogens is 534 g/mol. The Morgan fingerprint density at radius 1 is 0.523 bits per heavy atom. The number of fused-ring (bicyclic) bond motifs is 13. The van der Waals surface area contributed by atoms with E-state index in [1.54, 1.807) is 0 Å². The number of rotatable bonds is 2. The summed E-state index contributed by atoms with van der Waals surface area (Å²) < 4.78 is 8.76. The van der Waals surface area contributed by atoms with Crippen molar-refractivity contribution in [1.82, 2.24) is 4.57 Å². The SMILES string of the molecule is C1=CCC(n2c3ccc(-c4ccc5oc6ccccc6c5c4)cc3c3c4c5ccccc5ccc4c4ccccc4c32)C=C1. The highest BCUT2D eigenvalue weighted by Crippen LogP contribution is 2.46. The Bertz CT molecular complexity index is 2700. The molecule has 2 aromatic heterocycles. The molecule has 0 fully saturated rings. The Morgan fingerprint density at radius 2 is 1.25 bits per heavy atom. The second kappa shape index (κ2) is 8.95. The van der Waals surface area contributed by atoms with Crippen molar-refractivity contribution in [2.24, 2.45) is 0 Å². The molecule has 0 saturated heterocycles. The molecule has 1 aliphatic rings. The van der Waals surface area contributed by atoms with Crippen molar-refractivity contribution in [3.8, 4) is 11.1 Å². The zero-order chi connectivity index (χ0) is 28.8. The highest BCUT2D eigenvalue weighted by Gasteiger charge is 2.23.